The van der Waals surface area contributed by atoms with E-state index in [9.17, 15) is 4.79 Å². The van der Waals surface area contributed by atoms with Gasteiger partial charge in [-0.05, 0) is 49.2 Å². The van der Waals surface area contributed by atoms with Crippen LogP contribution in [0.1, 0.15) is 78.1 Å². The molecular weight excluding hydrogens is 412 g/mol. The van der Waals surface area contributed by atoms with E-state index in [2.05, 4.69) is 24.5 Å². The standard InChI is InChI=1S/C28H42N2O3/c1-3-5-7-9-11-20-32-26-18-16-24(17-19-26)30-28(31)23-29-25-14-13-15-27(22-25)33-21-12-10-8-6-4-2/h13-19,22,29H,3-12,20-21,23H2,1-2H3,(H,30,31). The van der Waals surface area contributed by atoms with Gasteiger partial charge in [0.15, 0.2) is 0 Å². The molecule has 0 bridgehead atoms. The predicted octanol–water partition coefficient (Wildman–Crippen LogP) is 7.44. The molecule has 182 valence electrons. The Labute approximate surface area is 200 Å². The molecule has 2 rings (SSSR count). The lowest BCUT2D eigenvalue weighted by Gasteiger charge is -2.11. The molecule has 0 heterocycles. The highest BCUT2D eigenvalue weighted by Crippen LogP contribution is 2.19. The summed E-state index contributed by atoms with van der Waals surface area (Å²) in [5, 5.41) is 6.08. The number of benzene rings is 2. The van der Waals surface area contributed by atoms with Gasteiger partial charge in [-0.25, -0.2) is 0 Å². The summed E-state index contributed by atoms with van der Waals surface area (Å²) in [7, 11) is 0. The normalized spacial score (nSPS) is 10.6. The van der Waals surface area contributed by atoms with Gasteiger partial charge in [0, 0.05) is 17.4 Å². The lowest BCUT2D eigenvalue weighted by atomic mass is 10.2. The van der Waals surface area contributed by atoms with Crippen molar-refractivity contribution in [3.63, 3.8) is 0 Å². The number of unbranched alkanes of at least 4 members (excludes halogenated alkanes) is 8. The molecule has 1 amide bonds. The Balaban J connectivity index is 1.65. The lowest BCUT2D eigenvalue weighted by molar-refractivity contribution is -0.114. The Hall–Kier alpha value is -2.69. The highest BCUT2D eigenvalue weighted by Gasteiger charge is 2.04. The third kappa shape index (κ3) is 12.2. The topological polar surface area (TPSA) is 59.6 Å². The van der Waals surface area contributed by atoms with E-state index < -0.39 is 0 Å². The number of carbonyl (C=O) groups excluding carboxylic acids is 1. The average Bonchev–Trinajstić information content (AvgIpc) is 2.83. The molecule has 2 N–H and O–H groups in total. The van der Waals surface area contributed by atoms with Crippen molar-refractivity contribution in [3.8, 4) is 11.5 Å². The van der Waals surface area contributed by atoms with Gasteiger partial charge < -0.3 is 20.1 Å². The first-order valence-electron chi connectivity index (χ1n) is 12.7. The molecular formula is C28H42N2O3. The third-order valence-electron chi connectivity index (χ3n) is 5.46. The summed E-state index contributed by atoms with van der Waals surface area (Å²) in [5.41, 5.74) is 1.63. The van der Waals surface area contributed by atoms with E-state index in [0.717, 1.165) is 48.9 Å². The monoisotopic (exact) mass is 454 g/mol. The van der Waals surface area contributed by atoms with Gasteiger partial charge in [0.05, 0.1) is 19.8 Å². The molecule has 0 atom stereocenters. The maximum absolute atomic E-state index is 12.3. The highest BCUT2D eigenvalue weighted by molar-refractivity contribution is 5.93. The van der Waals surface area contributed by atoms with Crippen LogP contribution in [-0.4, -0.2) is 25.7 Å². The minimum atomic E-state index is -0.0955. The summed E-state index contributed by atoms with van der Waals surface area (Å²) in [6.07, 6.45) is 12.2. The first-order chi connectivity index (χ1) is 16.2. The van der Waals surface area contributed by atoms with Crippen LogP contribution in [0.4, 0.5) is 11.4 Å². The maximum atomic E-state index is 12.3. The molecule has 0 radical (unpaired) electrons. The fourth-order valence-electron chi connectivity index (χ4n) is 3.51. The van der Waals surface area contributed by atoms with Gasteiger partial charge in [-0.1, -0.05) is 71.3 Å². The van der Waals surface area contributed by atoms with E-state index in [1.54, 1.807) is 0 Å². The predicted molar refractivity (Wildman–Crippen MR) is 139 cm³/mol. The second kappa shape index (κ2) is 16.9. The van der Waals surface area contributed by atoms with Crippen LogP contribution >= 0.6 is 0 Å². The van der Waals surface area contributed by atoms with Crippen LogP contribution < -0.4 is 20.1 Å². The molecule has 2 aromatic rings. The van der Waals surface area contributed by atoms with Crippen molar-refractivity contribution >= 4 is 17.3 Å². The minimum Gasteiger partial charge on any atom is -0.494 e. The van der Waals surface area contributed by atoms with E-state index >= 15 is 0 Å². The van der Waals surface area contributed by atoms with Gasteiger partial charge >= 0.3 is 0 Å². The second-order valence-corrected chi connectivity index (χ2v) is 8.48. The van der Waals surface area contributed by atoms with Crippen molar-refractivity contribution in [3.05, 3.63) is 48.5 Å². The largest absolute Gasteiger partial charge is 0.494 e. The Kier molecular flexibility index (Phi) is 13.6. The molecule has 0 aliphatic rings. The number of ether oxygens (including phenoxy) is 2. The molecule has 5 nitrogen and oxygen atoms in total. The van der Waals surface area contributed by atoms with Crippen molar-refractivity contribution in [1.82, 2.24) is 0 Å². The van der Waals surface area contributed by atoms with Crippen LogP contribution in [-0.2, 0) is 4.79 Å². The molecule has 33 heavy (non-hydrogen) atoms. The van der Waals surface area contributed by atoms with Crippen LogP contribution in [0.2, 0.25) is 0 Å². The number of hydrogen-bond donors (Lipinski definition) is 2. The number of carbonyl (C=O) groups is 1. The molecule has 0 spiro atoms. The van der Waals surface area contributed by atoms with Gasteiger partial charge in [0.1, 0.15) is 11.5 Å². The molecule has 0 saturated heterocycles. The zero-order chi connectivity index (χ0) is 23.6. The van der Waals surface area contributed by atoms with Crippen molar-refractivity contribution in [2.45, 2.75) is 78.1 Å². The second-order valence-electron chi connectivity index (χ2n) is 8.48. The zero-order valence-electron chi connectivity index (χ0n) is 20.5. The lowest BCUT2D eigenvalue weighted by Crippen LogP contribution is -2.21. The third-order valence-corrected chi connectivity index (χ3v) is 5.46. The molecule has 5 heteroatoms. The molecule has 0 unspecified atom stereocenters. The van der Waals surface area contributed by atoms with Gasteiger partial charge in [-0.15, -0.1) is 0 Å². The quantitative estimate of drug-likeness (QED) is 0.230. The van der Waals surface area contributed by atoms with Gasteiger partial charge in [0.2, 0.25) is 5.91 Å². The summed E-state index contributed by atoms with van der Waals surface area (Å²) in [6.45, 7) is 6.10. The number of hydrogen-bond acceptors (Lipinski definition) is 4. The first kappa shape index (κ1) is 26.6. The zero-order valence-corrected chi connectivity index (χ0v) is 20.5. The number of nitrogens with one attached hydrogen (secondary N) is 2. The number of rotatable bonds is 18. The molecule has 0 saturated carbocycles. The van der Waals surface area contributed by atoms with E-state index in [1.807, 2.05) is 48.5 Å². The minimum absolute atomic E-state index is 0.0955. The van der Waals surface area contributed by atoms with Crippen LogP contribution in [0.25, 0.3) is 0 Å². The van der Waals surface area contributed by atoms with Gasteiger partial charge in [0.25, 0.3) is 0 Å². The van der Waals surface area contributed by atoms with Crippen molar-refractivity contribution in [2.24, 2.45) is 0 Å². The molecule has 0 aliphatic heterocycles. The Morgan fingerprint density at radius 1 is 0.697 bits per heavy atom. The molecule has 0 aromatic heterocycles. The van der Waals surface area contributed by atoms with E-state index in [4.69, 9.17) is 9.47 Å². The average molecular weight is 455 g/mol. The summed E-state index contributed by atoms with van der Waals surface area (Å²) in [5.74, 6) is 1.57. The SMILES string of the molecule is CCCCCCCOc1ccc(NC(=O)CNc2cccc(OCCCCCCC)c2)cc1. The van der Waals surface area contributed by atoms with Crippen LogP contribution in [0, 0.1) is 0 Å². The summed E-state index contributed by atoms with van der Waals surface area (Å²) >= 11 is 0. The van der Waals surface area contributed by atoms with Crippen molar-refractivity contribution < 1.29 is 14.3 Å². The van der Waals surface area contributed by atoms with E-state index in [-0.39, 0.29) is 12.5 Å². The molecule has 2 aromatic carbocycles. The van der Waals surface area contributed by atoms with Gasteiger partial charge in [-0.3, -0.25) is 4.79 Å². The first-order valence-corrected chi connectivity index (χ1v) is 12.7. The summed E-state index contributed by atoms with van der Waals surface area (Å²) in [6, 6.07) is 15.3. The van der Waals surface area contributed by atoms with Crippen molar-refractivity contribution in [2.75, 3.05) is 30.4 Å². The van der Waals surface area contributed by atoms with Crippen LogP contribution in [0.3, 0.4) is 0 Å². The van der Waals surface area contributed by atoms with E-state index in [0.29, 0.717) is 0 Å². The van der Waals surface area contributed by atoms with Gasteiger partial charge in [-0.2, -0.15) is 0 Å². The summed E-state index contributed by atoms with van der Waals surface area (Å²) < 4.78 is 11.6. The maximum Gasteiger partial charge on any atom is 0.243 e. The number of amides is 1. The van der Waals surface area contributed by atoms with Crippen LogP contribution in [0.15, 0.2) is 48.5 Å². The van der Waals surface area contributed by atoms with Crippen LogP contribution in [0.5, 0.6) is 11.5 Å². The fraction of sp³-hybridized carbons (Fsp3) is 0.536. The Bertz CT molecular complexity index is 777. The number of anilines is 2. The smallest absolute Gasteiger partial charge is 0.243 e. The van der Waals surface area contributed by atoms with E-state index in [1.165, 1.54) is 51.4 Å². The Morgan fingerprint density at radius 3 is 1.94 bits per heavy atom. The molecule has 0 aliphatic carbocycles. The van der Waals surface area contributed by atoms with Crippen molar-refractivity contribution in [1.29, 1.82) is 0 Å². The summed E-state index contributed by atoms with van der Waals surface area (Å²) in [4.78, 5) is 12.3. The fourth-order valence-corrected chi connectivity index (χ4v) is 3.51. The molecule has 0 fully saturated rings. The highest BCUT2D eigenvalue weighted by atomic mass is 16.5. The Morgan fingerprint density at radius 2 is 1.30 bits per heavy atom.